The summed E-state index contributed by atoms with van der Waals surface area (Å²) in [4.78, 5) is 29.0. The molecule has 0 atom stereocenters. The maximum absolute atomic E-state index is 12.6. The minimum Gasteiger partial charge on any atom is -0.491 e. The number of hydrogen-bond acceptors (Lipinski definition) is 4. The molecule has 2 amide bonds. The number of rotatable bonds is 7. The lowest BCUT2D eigenvalue weighted by molar-refractivity contribution is -0.132. The first kappa shape index (κ1) is 23.9. The number of nitrogens with zero attached hydrogens (tertiary/aromatic N) is 2. The van der Waals surface area contributed by atoms with E-state index in [0.717, 1.165) is 24.5 Å². The highest BCUT2D eigenvalue weighted by Gasteiger charge is 2.23. The third-order valence-electron chi connectivity index (χ3n) is 5.25. The van der Waals surface area contributed by atoms with E-state index in [-0.39, 0.29) is 17.9 Å². The van der Waals surface area contributed by atoms with Crippen molar-refractivity contribution in [2.45, 2.75) is 40.2 Å². The molecule has 0 aromatic heterocycles. The maximum Gasteiger partial charge on any atom is 0.255 e. The molecule has 0 radical (unpaired) electrons. The maximum atomic E-state index is 12.6. The van der Waals surface area contributed by atoms with Gasteiger partial charge in [-0.1, -0.05) is 25.4 Å². The molecule has 0 bridgehead atoms. The van der Waals surface area contributed by atoms with Crippen LogP contribution in [0.5, 0.6) is 5.75 Å². The van der Waals surface area contributed by atoms with Crippen molar-refractivity contribution in [1.29, 1.82) is 0 Å². The molecule has 7 heteroatoms. The average molecular weight is 458 g/mol. The van der Waals surface area contributed by atoms with Crippen LogP contribution >= 0.6 is 11.6 Å². The van der Waals surface area contributed by atoms with Crippen molar-refractivity contribution in [2.24, 2.45) is 5.92 Å². The molecular weight excluding hydrogens is 426 g/mol. The van der Waals surface area contributed by atoms with E-state index >= 15 is 0 Å². The quantitative estimate of drug-likeness (QED) is 0.630. The zero-order chi connectivity index (χ0) is 23.3. The van der Waals surface area contributed by atoms with Crippen molar-refractivity contribution in [2.75, 3.05) is 36.4 Å². The van der Waals surface area contributed by atoms with Crippen LogP contribution in [0.1, 0.15) is 44.5 Å². The second-order valence-corrected chi connectivity index (χ2v) is 9.18. The Morgan fingerprint density at radius 3 is 2.22 bits per heavy atom. The summed E-state index contributed by atoms with van der Waals surface area (Å²) < 4.78 is 5.61. The summed E-state index contributed by atoms with van der Waals surface area (Å²) in [6.07, 6.45) is 0.668. The van der Waals surface area contributed by atoms with Gasteiger partial charge in [0, 0.05) is 43.9 Å². The van der Waals surface area contributed by atoms with Crippen molar-refractivity contribution in [1.82, 2.24) is 4.90 Å². The Labute approximate surface area is 195 Å². The zero-order valence-corrected chi connectivity index (χ0v) is 20.0. The van der Waals surface area contributed by atoms with Gasteiger partial charge in [0.25, 0.3) is 5.91 Å². The smallest absolute Gasteiger partial charge is 0.255 e. The third-order valence-corrected chi connectivity index (χ3v) is 5.55. The number of benzene rings is 2. The number of ether oxygens (including phenoxy) is 1. The van der Waals surface area contributed by atoms with E-state index in [1.165, 1.54) is 0 Å². The van der Waals surface area contributed by atoms with Crippen LogP contribution in [-0.2, 0) is 4.79 Å². The van der Waals surface area contributed by atoms with Crippen LogP contribution in [0, 0.1) is 5.92 Å². The van der Waals surface area contributed by atoms with Gasteiger partial charge in [-0.2, -0.15) is 0 Å². The Hall–Kier alpha value is -2.73. The number of carbonyl (C=O) groups is 2. The number of amides is 2. The van der Waals surface area contributed by atoms with E-state index in [2.05, 4.69) is 24.1 Å². The van der Waals surface area contributed by atoms with Crippen LogP contribution in [0.3, 0.4) is 0 Å². The van der Waals surface area contributed by atoms with Crippen molar-refractivity contribution in [3.05, 3.63) is 53.1 Å². The van der Waals surface area contributed by atoms with Crippen molar-refractivity contribution >= 4 is 34.8 Å². The molecule has 0 unspecified atom stereocenters. The highest BCUT2D eigenvalue weighted by molar-refractivity contribution is 6.33. The summed E-state index contributed by atoms with van der Waals surface area (Å²) in [7, 11) is 0. The topological polar surface area (TPSA) is 61.9 Å². The van der Waals surface area contributed by atoms with Crippen LogP contribution < -0.4 is 15.0 Å². The number of piperazine rings is 1. The van der Waals surface area contributed by atoms with Gasteiger partial charge in [-0.15, -0.1) is 0 Å². The molecule has 1 aliphatic rings. The van der Waals surface area contributed by atoms with E-state index in [4.69, 9.17) is 16.3 Å². The van der Waals surface area contributed by atoms with E-state index in [0.29, 0.717) is 41.7 Å². The molecule has 2 aromatic carbocycles. The predicted octanol–water partition coefficient (Wildman–Crippen LogP) is 5.07. The molecule has 172 valence electrons. The van der Waals surface area contributed by atoms with Crippen molar-refractivity contribution in [3.8, 4) is 5.75 Å². The molecule has 2 aromatic rings. The molecule has 3 rings (SSSR count). The Morgan fingerprint density at radius 2 is 1.66 bits per heavy atom. The number of carbonyl (C=O) groups excluding carboxylic acids is 2. The van der Waals surface area contributed by atoms with Gasteiger partial charge < -0.3 is 19.9 Å². The predicted molar refractivity (Wildman–Crippen MR) is 130 cm³/mol. The monoisotopic (exact) mass is 457 g/mol. The van der Waals surface area contributed by atoms with Crippen LogP contribution in [-0.4, -0.2) is 49.0 Å². The van der Waals surface area contributed by atoms with Gasteiger partial charge >= 0.3 is 0 Å². The summed E-state index contributed by atoms with van der Waals surface area (Å²) in [6, 6.07) is 12.6. The molecule has 0 saturated carbocycles. The molecule has 0 aliphatic carbocycles. The molecule has 32 heavy (non-hydrogen) atoms. The number of hydrogen-bond donors (Lipinski definition) is 1. The third kappa shape index (κ3) is 6.39. The summed E-state index contributed by atoms with van der Waals surface area (Å²) in [5.41, 5.74) is 2.09. The van der Waals surface area contributed by atoms with Gasteiger partial charge in [0.1, 0.15) is 5.75 Å². The minimum atomic E-state index is -0.206. The number of nitrogens with one attached hydrogen (secondary N) is 1. The molecule has 1 fully saturated rings. The van der Waals surface area contributed by atoms with Gasteiger partial charge in [0.15, 0.2) is 0 Å². The molecule has 1 heterocycles. The highest BCUT2D eigenvalue weighted by atomic mass is 35.5. The Kier molecular flexibility index (Phi) is 8.02. The second-order valence-electron chi connectivity index (χ2n) is 8.78. The van der Waals surface area contributed by atoms with Gasteiger partial charge in [-0.3, -0.25) is 9.59 Å². The Bertz CT molecular complexity index is 936. The summed E-state index contributed by atoms with van der Waals surface area (Å²) >= 11 is 6.54. The van der Waals surface area contributed by atoms with Crippen LogP contribution in [0.25, 0.3) is 0 Å². The van der Waals surface area contributed by atoms with Gasteiger partial charge in [0.05, 0.1) is 16.8 Å². The fraction of sp³-hybridized carbons (Fsp3) is 0.440. The molecule has 1 aliphatic heterocycles. The molecule has 6 nitrogen and oxygen atoms in total. The van der Waals surface area contributed by atoms with Crippen molar-refractivity contribution in [3.63, 3.8) is 0 Å². The Morgan fingerprint density at radius 1 is 1.00 bits per heavy atom. The molecular formula is C25H32ClN3O3. The second kappa shape index (κ2) is 10.7. The lowest BCUT2D eigenvalue weighted by Gasteiger charge is -2.36. The standard InChI is InChI=1S/C25H32ClN3O3/c1-17(2)15-24(30)29-13-11-28(12-14-29)23-10-7-20(16-22(23)26)27-25(31)19-5-8-21(9-6-19)32-18(3)4/h5-10,16-18H,11-15H2,1-4H3,(H,27,31). The Balaban J connectivity index is 1.58. The highest BCUT2D eigenvalue weighted by Crippen LogP contribution is 2.30. The lowest BCUT2D eigenvalue weighted by atomic mass is 10.1. The first-order chi connectivity index (χ1) is 15.2. The average Bonchev–Trinajstić information content (AvgIpc) is 2.73. The minimum absolute atomic E-state index is 0.0823. The lowest BCUT2D eigenvalue weighted by Crippen LogP contribution is -2.49. The van der Waals surface area contributed by atoms with E-state index in [1.54, 1.807) is 30.3 Å². The van der Waals surface area contributed by atoms with E-state index < -0.39 is 0 Å². The first-order valence-electron chi connectivity index (χ1n) is 11.1. The normalized spacial score (nSPS) is 14.1. The first-order valence-corrected chi connectivity index (χ1v) is 11.5. The van der Waals surface area contributed by atoms with Crippen LogP contribution in [0.4, 0.5) is 11.4 Å². The van der Waals surface area contributed by atoms with Crippen molar-refractivity contribution < 1.29 is 14.3 Å². The van der Waals surface area contributed by atoms with Crippen LogP contribution in [0.2, 0.25) is 5.02 Å². The summed E-state index contributed by atoms with van der Waals surface area (Å²) in [6.45, 7) is 10.9. The summed E-state index contributed by atoms with van der Waals surface area (Å²) in [5.74, 6) is 1.11. The van der Waals surface area contributed by atoms with E-state index in [9.17, 15) is 9.59 Å². The molecule has 1 N–H and O–H groups in total. The fourth-order valence-corrected chi connectivity index (χ4v) is 3.98. The van der Waals surface area contributed by atoms with Gasteiger partial charge in [-0.05, 0) is 62.2 Å². The van der Waals surface area contributed by atoms with Crippen LogP contribution in [0.15, 0.2) is 42.5 Å². The SMILES string of the molecule is CC(C)CC(=O)N1CCN(c2ccc(NC(=O)c3ccc(OC(C)C)cc3)cc2Cl)CC1. The molecule has 1 saturated heterocycles. The van der Waals surface area contributed by atoms with E-state index in [1.807, 2.05) is 30.9 Å². The fourth-order valence-electron chi connectivity index (χ4n) is 3.68. The number of halogens is 1. The summed E-state index contributed by atoms with van der Waals surface area (Å²) in [5, 5.41) is 3.47. The zero-order valence-electron chi connectivity index (χ0n) is 19.2. The van der Waals surface area contributed by atoms with Gasteiger partial charge in [-0.25, -0.2) is 0 Å². The largest absolute Gasteiger partial charge is 0.491 e. The number of anilines is 2. The molecule has 0 spiro atoms. The van der Waals surface area contributed by atoms with Gasteiger partial charge in [0.2, 0.25) is 5.91 Å².